The normalized spacial score (nSPS) is 10.7. The average molecular weight is 467 g/mol. The third-order valence-corrected chi connectivity index (χ3v) is 6.17. The summed E-state index contributed by atoms with van der Waals surface area (Å²) in [7, 11) is 0. The van der Waals surface area contributed by atoms with Crippen LogP contribution in [-0.4, -0.2) is 39.4 Å². The topological polar surface area (TPSA) is 67.2 Å². The molecule has 0 radical (unpaired) electrons. The lowest BCUT2D eigenvalue weighted by molar-refractivity contribution is -0.116. The molecule has 0 unspecified atom stereocenters. The van der Waals surface area contributed by atoms with Crippen LogP contribution in [0.1, 0.15) is 34.0 Å². The van der Waals surface area contributed by atoms with E-state index in [1.54, 1.807) is 11.0 Å². The summed E-state index contributed by atoms with van der Waals surface area (Å²) in [6, 6.07) is 23.4. The monoisotopic (exact) mass is 466 g/mol. The minimum atomic E-state index is -0.302. The maximum Gasteiger partial charge on any atom is 0.254 e. The third kappa shape index (κ3) is 5.32. The van der Waals surface area contributed by atoms with Crippen LogP contribution < -0.4 is 5.32 Å². The van der Waals surface area contributed by atoms with Crippen molar-refractivity contribution in [1.82, 2.24) is 14.5 Å². The number of anilines is 1. The minimum absolute atomic E-state index is 0.0654. The van der Waals surface area contributed by atoms with E-state index in [1.165, 1.54) is 5.56 Å². The number of aryl methyl sites for hydroxylation is 3. The molecule has 1 heterocycles. The molecule has 0 saturated heterocycles. The molecule has 4 rings (SSSR count). The van der Waals surface area contributed by atoms with Crippen molar-refractivity contribution in [2.75, 3.05) is 18.4 Å². The van der Waals surface area contributed by atoms with Crippen molar-refractivity contribution in [2.45, 2.75) is 27.7 Å². The van der Waals surface area contributed by atoms with Crippen LogP contribution in [0, 0.1) is 20.8 Å². The average Bonchev–Trinajstić information content (AvgIpc) is 3.28. The summed E-state index contributed by atoms with van der Waals surface area (Å²) in [6.45, 7) is 8.24. The van der Waals surface area contributed by atoms with Crippen LogP contribution in [0.3, 0.4) is 0 Å². The molecule has 0 aliphatic heterocycles. The molecule has 6 nitrogen and oxygen atoms in total. The molecule has 0 spiro atoms. The molecular weight excluding hydrogens is 436 g/mol. The van der Waals surface area contributed by atoms with Crippen molar-refractivity contribution in [3.63, 3.8) is 0 Å². The van der Waals surface area contributed by atoms with E-state index in [2.05, 4.69) is 31.3 Å². The SMILES string of the molecule is CCN(CC(=O)Nc1nc(-c2ccccc2)cn1-c1ccc(C)c(C)c1)C(=O)c1ccccc1C. The van der Waals surface area contributed by atoms with Gasteiger partial charge in [-0.05, 0) is 62.6 Å². The van der Waals surface area contributed by atoms with Crippen molar-refractivity contribution in [1.29, 1.82) is 0 Å². The first kappa shape index (κ1) is 24.0. The Morgan fingerprint density at radius 1 is 0.886 bits per heavy atom. The van der Waals surface area contributed by atoms with Crippen LogP contribution in [0.25, 0.3) is 16.9 Å². The van der Waals surface area contributed by atoms with Gasteiger partial charge in [0.2, 0.25) is 11.9 Å². The first-order chi connectivity index (χ1) is 16.9. The largest absolute Gasteiger partial charge is 0.330 e. The lowest BCUT2D eigenvalue weighted by atomic mass is 10.1. The standard InChI is InChI=1S/C29H30N4O2/c1-5-32(28(35)25-14-10-9-11-21(25)3)19-27(34)31-29-30-26(23-12-7-6-8-13-23)18-33(29)24-16-15-20(2)22(4)17-24/h6-18H,5,19H2,1-4H3,(H,30,31,34). The van der Waals surface area contributed by atoms with Gasteiger partial charge in [-0.3, -0.25) is 19.5 Å². The predicted molar refractivity (Wildman–Crippen MR) is 140 cm³/mol. The molecular formula is C29H30N4O2. The number of nitrogens with zero attached hydrogens (tertiary/aromatic N) is 3. The van der Waals surface area contributed by atoms with Gasteiger partial charge in [0.25, 0.3) is 5.91 Å². The number of benzene rings is 3. The van der Waals surface area contributed by atoms with E-state index < -0.39 is 0 Å². The number of amides is 2. The molecule has 1 aromatic heterocycles. The second-order valence-electron chi connectivity index (χ2n) is 8.64. The lowest BCUT2D eigenvalue weighted by Gasteiger charge is -2.21. The van der Waals surface area contributed by atoms with Gasteiger partial charge in [0.05, 0.1) is 5.69 Å². The molecule has 0 bridgehead atoms. The van der Waals surface area contributed by atoms with Crippen molar-refractivity contribution < 1.29 is 9.59 Å². The Labute approximate surface area is 206 Å². The second-order valence-corrected chi connectivity index (χ2v) is 8.64. The molecule has 1 N–H and O–H groups in total. The van der Waals surface area contributed by atoms with Gasteiger partial charge in [-0.25, -0.2) is 4.98 Å². The van der Waals surface area contributed by atoms with Gasteiger partial charge in [-0.2, -0.15) is 0 Å². The number of imidazole rings is 1. The first-order valence-electron chi connectivity index (χ1n) is 11.7. The number of carbonyl (C=O) groups is 2. The Bertz CT molecular complexity index is 1360. The van der Waals surface area contributed by atoms with Gasteiger partial charge in [0.15, 0.2) is 0 Å². The van der Waals surface area contributed by atoms with Crippen LogP contribution in [0.2, 0.25) is 0 Å². The molecule has 35 heavy (non-hydrogen) atoms. The summed E-state index contributed by atoms with van der Waals surface area (Å²) in [4.78, 5) is 32.4. The van der Waals surface area contributed by atoms with E-state index in [1.807, 2.05) is 79.2 Å². The fourth-order valence-electron chi connectivity index (χ4n) is 3.94. The molecule has 0 atom stereocenters. The number of likely N-dealkylation sites (N-methyl/N-ethyl adjacent to an activating group) is 1. The number of nitrogens with one attached hydrogen (secondary N) is 1. The summed E-state index contributed by atoms with van der Waals surface area (Å²) in [5.41, 5.74) is 6.44. The van der Waals surface area contributed by atoms with E-state index in [9.17, 15) is 9.59 Å². The molecule has 0 aliphatic rings. The Balaban J connectivity index is 1.62. The highest BCUT2D eigenvalue weighted by Crippen LogP contribution is 2.25. The summed E-state index contributed by atoms with van der Waals surface area (Å²) in [6.07, 6.45) is 1.92. The van der Waals surface area contributed by atoms with E-state index in [0.29, 0.717) is 18.1 Å². The zero-order valence-electron chi connectivity index (χ0n) is 20.6. The maximum atomic E-state index is 13.1. The Morgan fingerprint density at radius 2 is 1.60 bits per heavy atom. The molecule has 4 aromatic rings. The van der Waals surface area contributed by atoms with E-state index in [0.717, 1.165) is 28.1 Å². The molecule has 0 fully saturated rings. The molecule has 0 saturated carbocycles. The first-order valence-corrected chi connectivity index (χ1v) is 11.7. The number of aromatic nitrogens is 2. The highest BCUT2D eigenvalue weighted by Gasteiger charge is 2.21. The second kappa shape index (κ2) is 10.4. The quantitative estimate of drug-likeness (QED) is 0.387. The smallest absolute Gasteiger partial charge is 0.254 e. The van der Waals surface area contributed by atoms with E-state index >= 15 is 0 Å². The Kier molecular flexibility index (Phi) is 7.11. The molecule has 3 aromatic carbocycles. The van der Waals surface area contributed by atoms with Gasteiger partial charge in [-0.15, -0.1) is 0 Å². The van der Waals surface area contributed by atoms with Gasteiger partial charge in [0.1, 0.15) is 6.54 Å². The fourth-order valence-corrected chi connectivity index (χ4v) is 3.94. The molecule has 0 aliphatic carbocycles. The highest BCUT2D eigenvalue weighted by atomic mass is 16.2. The summed E-state index contributed by atoms with van der Waals surface area (Å²) >= 11 is 0. The Morgan fingerprint density at radius 3 is 2.29 bits per heavy atom. The van der Waals surface area contributed by atoms with Crippen molar-refractivity contribution in [3.8, 4) is 16.9 Å². The van der Waals surface area contributed by atoms with Crippen LogP contribution >= 0.6 is 0 Å². The van der Waals surface area contributed by atoms with Crippen LogP contribution in [0.15, 0.2) is 79.0 Å². The maximum absolute atomic E-state index is 13.1. The van der Waals surface area contributed by atoms with Gasteiger partial charge < -0.3 is 4.90 Å². The highest BCUT2D eigenvalue weighted by molar-refractivity contribution is 5.99. The third-order valence-electron chi connectivity index (χ3n) is 6.17. The van der Waals surface area contributed by atoms with Crippen LogP contribution in [-0.2, 0) is 4.79 Å². The van der Waals surface area contributed by atoms with E-state index in [4.69, 9.17) is 4.98 Å². The molecule has 178 valence electrons. The predicted octanol–water partition coefficient (Wildman–Crippen LogP) is 5.57. The van der Waals surface area contributed by atoms with Crippen molar-refractivity contribution in [3.05, 3.63) is 101 Å². The molecule has 2 amide bonds. The Hall–Kier alpha value is -4.19. The lowest BCUT2D eigenvalue weighted by Crippen LogP contribution is -2.38. The van der Waals surface area contributed by atoms with Gasteiger partial charge in [-0.1, -0.05) is 54.6 Å². The number of carbonyl (C=O) groups excluding carboxylic acids is 2. The zero-order valence-corrected chi connectivity index (χ0v) is 20.6. The summed E-state index contributed by atoms with van der Waals surface area (Å²) < 4.78 is 1.88. The number of rotatable bonds is 7. The minimum Gasteiger partial charge on any atom is -0.330 e. The van der Waals surface area contributed by atoms with E-state index in [-0.39, 0.29) is 18.4 Å². The fraction of sp³-hybridized carbons (Fsp3) is 0.207. The van der Waals surface area contributed by atoms with Gasteiger partial charge >= 0.3 is 0 Å². The van der Waals surface area contributed by atoms with Crippen LogP contribution in [0.5, 0.6) is 0 Å². The summed E-state index contributed by atoms with van der Waals surface area (Å²) in [5, 5.41) is 2.94. The van der Waals surface area contributed by atoms with Crippen LogP contribution in [0.4, 0.5) is 5.95 Å². The molecule has 6 heteroatoms. The van der Waals surface area contributed by atoms with Crippen molar-refractivity contribution >= 4 is 17.8 Å². The number of hydrogen-bond donors (Lipinski definition) is 1. The van der Waals surface area contributed by atoms with Crippen molar-refractivity contribution in [2.24, 2.45) is 0 Å². The number of hydrogen-bond acceptors (Lipinski definition) is 3. The summed E-state index contributed by atoms with van der Waals surface area (Å²) in [5.74, 6) is -0.0520. The van der Waals surface area contributed by atoms with Gasteiger partial charge in [0, 0.05) is 29.6 Å². The zero-order chi connectivity index (χ0) is 24.9.